The number of ether oxygens (including phenoxy) is 1. The summed E-state index contributed by atoms with van der Waals surface area (Å²) in [5, 5.41) is 10.3. The molecule has 0 saturated carbocycles. The summed E-state index contributed by atoms with van der Waals surface area (Å²) in [5.74, 6) is -0.468. The van der Waals surface area contributed by atoms with E-state index in [1.165, 1.54) is 7.11 Å². The van der Waals surface area contributed by atoms with Crippen LogP contribution in [-0.2, 0) is 9.53 Å². The summed E-state index contributed by atoms with van der Waals surface area (Å²) < 4.78 is 40.3. The minimum absolute atomic E-state index is 0.0626. The molecule has 0 radical (unpaired) electrons. The highest BCUT2D eigenvalue weighted by Crippen LogP contribution is 2.20. The predicted octanol–water partition coefficient (Wildman–Crippen LogP) is 2.11. The molecule has 0 unspecified atom stereocenters. The molecular weight excluding hydrogens is 215 g/mol. The molecule has 7 heteroatoms. The third-order valence-corrected chi connectivity index (χ3v) is 1.72. The number of methoxy groups -OCH3 is 1. The van der Waals surface area contributed by atoms with Crippen molar-refractivity contribution < 1.29 is 27.9 Å². The Morgan fingerprint density at radius 2 is 1.87 bits per heavy atom. The van der Waals surface area contributed by atoms with Crippen molar-refractivity contribution in [1.29, 1.82) is 0 Å². The van der Waals surface area contributed by atoms with Crippen LogP contribution < -0.4 is 0 Å². The van der Waals surface area contributed by atoms with Gasteiger partial charge in [-0.15, -0.1) is 0 Å². The van der Waals surface area contributed by atoms with Crippen LogP contribution in [0.3, 0.4) is 0 Å². The van der Waals surface area contributed by atoms with Crippen molar-refractivity contribution in [2.75, 3.05) is 7.11 Å². The van der Waals surface area contributed by atoms with Gasteiger partial charge in [-0.3, -0.25) is 4.79 Å². The normalized spacial score (nSPS) is 12.7. The van der Waals surface area contributed by atoms with Gasteiger partial charge in [-0.1, -0.05) is 5.16 Å². The monoisotopic (exact) mass is 227 g/mol. The molecule has 0 saturated heterocycles. The molecule has 0 amide bonds. The lowest BCUT2D eigenvalue weighted by molar-refractivity contribution is -0.140. The maximum atomic E-state index is 12.0. The number of carbonyl (C=O) groups excluding carboxylic acids is 1. The van der Waals surface area contributed by atoms with Crippen molar-refractivity contribution in [3.63, 3.8) is 0 Å². The summed E-state index contributed by atoms with van der Waals surface area (Å²) in [7, 11) is 1.21. The topological polar surface area (TPSA) is 58.9 Å². The number of unbranched alkanes of at least 4 members (excludes halogenated alkanes) is 1. The third-order valence-electron chi connectivity index (χ3n) is 1.72. The number of rotatable bonds is 5. The number of esters is 1. The van der Waals surface area contributed by atoms with E-state index >= 15 is 0 Å². The van der Waals surface area contributed by atoms with E-state index in [0.29, 0.717) is 0 Å². The Kier molecular flexibility index (Phi) is 5.73. The van der Waals surface area contributed by atoms with Crippen LogP contribution in [0.4, 0.5) is 13.2 Å². The fourth-order valence-corrected chi connectivity index (χ4v) is 0.912. The zero-order chi connectivity index (χ0) is 11.9. The van der Waals surface area contributed by atoms with Gasteiger partial charge < -0.3 is 9.94 Å². The van der Waals surface area contributed by atoms with E-state index in [9.17, 15) is 18.0 Å². The van der Waals surface area contributed by atoms with Gasteiger partial charge in [0.25, 0.3) is 0 Å². The molecular formula is C8H12F3NO3. The van der Waals surface area contributed by atoms with Crippen LogP contribution in [0.1, 0.15) is 25.7 Å². The summed E-state index contributed by atoms with van der Waals surface area (Å²) in [6.07, 6.45) is -4.57. The van der Waals surface area contributed by atoms with Gasteiger partial charge in [-0.05, 0) is 19.3 Å². The van der Waals surface area contributed by atoms with Crippen molar-refractivity contribution in [1.82, 2.24) is 0 Å². The number of carbonyl (C=O) groups is 1. The van der Waals surface area contributed by atoms with Crippen molar-refractivity contribution in [3.05, 3.63) is 0 Å². The molecule has 0 bridgehead atoms. The third kappa shape index (κ3) is 5.92. The lowest BCUT2D eigenvalue weighted by Crippen LogP contribution is -2.22. The van der Waals surface area contributed by atoms with E-state index < -0.39 is 24.3 Å². The van der Waals surface area contributed by atoms with Crippen LogP contribution in [0.15, 0.2) is 5.16 Å². The molecule has 1 N–H and O–H groups in total. The van der Waals surface area contributed by atoms with E-state index in [2.05, 4.69) is 9.89 Å². The number of hydrogen-bond donors (Lipinski definition) is 1. The first-order valence-electron chi connectivity index (χ1n) is 4.26. The average Bonchev–Trinajstić information content (AvgIpc) is 2.15. The van der Waals surface area contributed by atoms with Gasteiger partial charge in [-0.2, -0.15) is 13.2 Å². The van der Waals surface area contributed by atoms with Gasteiger partial charge in [0, 0.05) is 6.42 Å². The summed E-state index contributed by atoms with van der Waals surface area (Å²) in [4.78, 5) is 10.6. The van der Waals surface area contributed by atoms with Crippen LogP contribution in [0.25, 0.3) is 0 Å². The van der Waals surface area contributed by atoms with Gasteiger partial charge in [0.2, 0.25) is 0 Å². The van der Waals surface area contributed by atoms with Crippen LogP contribution in [-0.4, -0.2) is 30.2 Å². The Morgan fingerprint density at radius 1 is 1.33 bits per heavy atom. The quantitative estimate of drug-likeness (QED) is 0.257. The van der Waals surface area contributed by atoms with Crippen molar-refractivity contribution in [2.24, 2.45) is 5.16 Å². The first kappa shape index (κ1) is 13.7. The smallest absolute Gasteiger partial charge is 0.432 e. The van der Waals surface area contributed by atoms with Crippen molar-refractivity contribution >= 4 is 11.7 Å². The Morgan fingerprint density at radius 3 is 2.27 bits per heavy atom. The molecule has 0 aromatic carbocycles. The van der Waals surface area contributed by atoms with Gasteiger partial charge in [0.15, 0.2) is 5.71 Å². The number of halogens is 3. The summed E-state index contributed by atoms with van der Waals surface area (Å²) >= 11 is 0. The van der Waals surface area contributed by atoms with Gasteiger partial charge in [0.05, 0.1) is 7.11 Å². The molecule has 0 aliphatic carbocycles. The standard InChI is InChI=1S/C8H12F3NO3/c1-15-7(13)5-3-2-4-6(12-14)8(9,10)11/h14H,2-5H2,1H3/b12-6-. The summed E-state index contributed by atoms with van der Waals surface area (Å²) in [6, 6.07) is 0. The molecule has 0 spiro atoms. The first-order valence-corrected chi connectivity index (χ1v) is 4.26. The van der Waals surface area contributed by atoms with Crippen LogP contribution in [0, 0.1) is 0 Å². The predicted molar refractivity (Wildman–Crippen MR) is 45.8 cm³/mol. The SMILES string of the molecule is COC(=O)CCCC/C(=N/O)C(F)(F)F. The van der Waals surface area contributed by atoms with E-state index in [1.807, 2.05) is 0 Å². The van der Waals surface area contributed by atoms with Crippen LogP contribution in [0.2, 0.25) is 0 Å². The highest BCUT2D eigenvalue weighted by atomic mass is 19.4. The molecule has 0 aromatic rings. The molecule has 0 fully saturated rings. The summed E-state index contributed by atoms with van der Waals surface area (Å²) in [6.45, 7) is 0. The number of oxime groups is 1. The Bertz CT molecular complexity index is 238. The summed E-state index contributed by atoms with van der Waals surface area (Å²) in [5.41, 5.74) is -1.23. The molecule has 0 aliphatic rings. The second-order valence-electron chi connectivity index (χ2n) is 2.83. The number of nitrogens with zero attached hydrogens (tertiary/aromatic N) is 1. The zero-order valence-corrected chi connectivity index (χ0v) is 8.17. The maximum Gasteiger partial charge on any atom is 0.432 e. The lowest BCUT2D eigenvalue weighted by Gasteiger charge is -2.07. The molecule has 0 aliphatic heterocycles. The van der Waals surface area contributed by atoms with E-state index in [-0.39, 0.29) is 19.3 Å². The minimum atomic E-state index is -4.61. The molecule has 15 heavy (non-hydrogen) atoms. The fourth-order valence-electron chi connectivity index (χ4n) is 0.912. The molecule has 0 heterocycles. The highest BCUT2D eigenvalue weighted by molar-refractivity contribution is 5.89. The average molecular weight is 227 g/mol. The molecule has 4 nitrogen and oxygen atoms in total. The Hall–Kier alpha value is -1.27. The second-order valence-corrected chi connectivity index (χ2v) is 2.83. The molecule has 88 valence electrons. The molecule has 0 rings (SSSR count). The largest absolute Gasteiger partial charge is 0.469 e. The van der Waals surface area contributed by atoms with Crippen molar-refractivity contribution in [3.8, 4) is 0 Å². The van der Waals surface area contributed by atoms with E-state index in [0.717, 1.165) is 0 Å². The fraction of sp³-hybridized carbons (Fsp3) is 0.750. The maximum absolute atomic E-state index is 12.0. The first-order chi connectivity index (χ1) is 6.91. The lowest BCUT2D eigenvalue weighted by atomic mass is 10.1. The second kappa shape index (κ2) is 6.26. The van der Waals surface area contributed by atoms with Crippen molar-refractivity contribution in [2.45, 2.75) is 31.9 Å². The molecule has 0 aromatic heterocycles. The Balaban J connectivity index is 3.81. The minimum Gasteiger partial charge on any atom is -0.469 e. The van der Waals surface area contributed by atoms with Crippen LogP contribution >= 0.6 is 0 Å². The van der Waals surface area contributed by atoms with Gasteiger partial charge in [0.1, 0.15) is 0 Å². The number of hydrogen-bond acceptors (Lipinski definition) is 4. The highest BCUT2D eigenvalue weighted by Gasteiger charge is 2.35. The van der Waals surface area contributed by atoms with E-state index in [1.54, 1.807) is 0 Å². The zero-order valence-electron chi connectivity index (χ0n) is 8.17. The Labute approximate surface area is 84.7 Å². The number of alkyl halides is 3. The van der Waals surface area contributed by atoms with Gasteiger partial charge in [-0.25, -0.2) is 0 Å². The van der Waals surface area contributed by atoms with Gasteiger partial charge >= 0.3 is 12.1 Å². The van der Waals surface area contributed by atoms with Crippen LogP contribution in [0.5, 0.6) is 0 Å². The van der Waals surface area contributed by atoms with E-state index in [4.69, 9.17) is 5.21 Å². The molecule has 0 atom stereocenters.